The first kappa shape index (κ1) is 22.2. The highest BCUT2D eigenvalue weighted by molar-refractivity contribution is 5.90. The van der Waals surface area contributed by atoms with E-state index in [1.54, 1.807) is 10.9 Å². The first-order valence-corrected chi connectivity index (χ1v) is 10.9. The van der Waals surface area contributed by atoms with Gasteiger partial charge in [0, 0.05) is 31.9 Å². The molecule has 168 valence electrons. The van der Waals surface area contributed by atoms with Crippen LogP contribution in [0.1, 0.15) is 18.4 Å². The number of rotatable bonds is 4. The molecular formula is C26H27N5O2. The summed E-state index contributed by atoms with van der Waals surface area (Å²) >= 11 is 0. The van der Waals surface area contributed by atoms with Gasteiger partial charge < -0.3 is 9.64 Å². The van der Waals surface area contributed by atoms with Gasteiger partial charge in [-0.3, -0.25) is 4.79 Å². The third-order valence-electron chi connectivity index (χ3n) is 5.45. The zero-order valence-corrected chi connectivity index (χ0v) is 18.9. The predicted octanol–water partition coefficient (Wildman–Crippen LogP) is 4.93. The maximum atomic E-state index is 10.8. The van der Waals surface area contributed by atoms with Crippen molar-refractivity contribution in [2.75, 3.05) is 13.1 Å². The van der Waals surface area contributed by atoms with E-state index >= 15 is 0 Å². The van der Waals surface area contributed by atoms with Crippen molar-refractivity contribution < 1.29 is 9.53 Å². The molecule has 5 rings (SSSR count). The molecular weight excluding hydrogens is 414 g/mol. The van der Waals surface area contributed by atoms with Crippen molar-refractivity contribution in [2.24, 2.45) is 7.05 Å². The van der Waals surface area contributed by atoms with E-state index in [4.69, 9.17) is 4.74 Å². The maximum Gasteiger partial charge on any atom is 0.245 e. The zero-order chi connectivity index (χ0) is 23.2. The summed E-state index contributed by atoms with van der Waals surface area (Å²) in [7, 11) is 1.88. The number of hydrogen-bond acceptors (Lipinski definition) is 5. The number of amides is 1. The SMILES string of the molecule is C=CC(=O)N1CCCC1.Cc1cccc(Oc2ccc(-c3nn(C)c4ncncc34)cc2)c1. The van der Waals surface area contributed by atoms with Gasteiger partial charge in [0.1, 0.15) is 23.5 Å². The molecule has 0 bridgehead atoms. The number of likely N-dealkylation sites (tertiary alicyclic amines) is 1. The molecule has 1 aliphatic heterocycles. The van der Waals surface area contributed by atoms with Gasteiger partial charge in [-0.1, -0.05) is 18.7 Å². The molecule has 0 atom stereocenters. The van der Waals surface area contributed by atoms with Gasteiger partial charge in [0.25, 0.3) is 0 Å². The van der Waals surface area contributed by atoms with Crippen LogP contribution >= 0.6 is 0 Å². The highest BCUT2D eigenvalue weighted by atomic mass is 16.5. The monoisotopic (exact) mass is 441 g/mol. The van der Waals surface area contributed by atoms with Crippen LogP contribution in [0.3, 0.4) is 0 Å². The number of carbonyl (C=O) groups excluding carboxylic acids is 1. The van der Waals surface area contributed by atoms with Crippen LogP contribution < -0.4 is 4.74 Å². The van der Waals surface area contributed by atoms with Crippen molar-refractivity contribution >= 4 is 16.9 Å². The number of aromatic nitrogens is 4. The molecule has 1 aliphatic rings. The maximum absolute atomic E-state index is 10.8. The zero-order valence-electron chi connectivity index (χ0n) is 18.9. The topological polar surface area (TPSA) is 73.1 Å². The summed E-state index contributed by atoms with van der Waals surface area (Å²) in [5, 5.41) is 5.50. The average Bonchev–Trinajstić information content (AvgIpc) is 3.49. The van der Waals surface area contributed by atoms with E-state index in [2.05, 4.69) is 21.6 Å². The van der Waals surface area contributed by atoms with Crippen LogP contribution in [0.5, 0.6) is 11.5 Å². The fourth-order valence-corrected chi connectivity index (χ4v) is 3.77. The van der Waals surface area contributed by atoms with Crippen LogP contribution in [0.2, 0.25) is 0 Å². The summed E-state index contributed by atoms with van der Waals surface area (Å²) in [6.45, 7) is 7.30. The second-order valence-electron chi connectivity index (χ2n) is 7.91. The minimum atomic E-state index is 0.0764. The number of ether oxygens (including phenoxy) is 1. The van der Waals surface area contributed by atoms with E-state index < -0.39 is 0 Å². The number of carbonyl (C=O) groups is 1. The Morgan fingerprint density at radius 1 is 1.09 bits per heavy atom. The lowest BCUT2D eigenvalue weighted by Gasteiger charge is -2.10. The summed E-state index contributed by atoms with van der Waals surface area (Å²) in [6.07, 6.45) is 7.01. The molecule has 1 amide bonds. The number of nitrogens with zero attached hydrogens (tertiary/aromatic N) is 5. The third kappa shape index (κ3) is 5.26. The largest absolute Gasteiger partial charge is 0.457 e. The highest BCUT2D eigenvalue weighted by Crippen LogP contribution is 2.29. The van der Waals surface area contributed by atoms with Gasteiger partial charge in [-0.15, -0.1) is 0 Å². The van der Waals surface area contributed by atoms with Crippen LogP contribution in [0.4, 0.5) is 0 Å². The molecule has 0 radical (unpaired) electrons. The van der Waals surface area contributed by atoms with Crippen LogP contribution in [-0.4, -0.2) is 43.6 Å². The molecule has 7 nitrogen and oxygen atoms in total. The third-order valence-corrected chi connectivity index (χ3v) is 5.45. The van der Waals surface area contributed by atoms with Gasteiger partial charge >= 0.3 is 0 Å². The van der Waals surface area contributed by atoms with Gasteiger partial charge in [-0.25, -0.2) is 14.6 Å². The van der Waals surface area contributed by atoms with Crippen molar-refractivity contribution in [3.05, 3.63) is 79.3 Å². The average molecular weight is 442 g/mol. The fraction of sp³-hybridized carbons (Fsp3) is 0.231. The Labute approximate surface area is 193 Å². The van der Waals surface area contributed by atoms with Gasteiger partial charge in [-0.2, -0.15) is 5.10 Å². The summed E-state index contributed by atoms with van der Waals surface area (Å²) in [4.78, 5) is 21.0. The molecule has 7 heteroatoms. The van der Waals surface area contributed by atoms with E-state index in [9.17, 15) is 4.79 Å². The second-order valence-corrected chi connectivity index (χ2v) is 7.91. The molecule has 3 heterocycles. The van der Waals surface area contributed by atoms with E-state index in [1.807, 2.05) is 67.4 Å². The standard InChI is InChI=1S/C19H16N4O.C7H11NO/c1-13-4-3-5-16(10-13)24-15-8-6-14(7-9-15)18-17-11-20-12-21-19(17)23(2)22-18;1-2-7(9)8-5-3-4-6-8/h3-12H,1-2H3;2H,1,3-6H2. The molecule has 33 heavy (non-hydrogen) atoms. The summed E-state index contributed by atoms with van der Waals surface area (Å²) in [5.74, 6) is 1.70. The predicted molar refractivity (Wildman–Crippen MR) is 129 cm³/mol. The summed E-state index contributed by atoms with van der Waals surface area (Å²) in [5.41, 5.74) is 3.87. The first-order chi connectivity index (χ1) is 16.0. The molecule has 0 unspecified atom stereocenters. The van der Waals surface area contributed by atoms with E-state index in [-0.39, 0.29) is 5.91 Å². The van der Waals surface area contributed by atoms with Crippen molar-refractivity contribution in [2.45, 2.75) is 19.8 Å². The Morgan fingerprint density at radius 2 is 1.85 bits per heavy atom. The van der Waals surface area contributed by atoms with E-state index in [0.717, 1.165) is 59.7 Å². The molecule has 0 N–H and O–H groups in total. The number of aryl methyl sites for hydroxylation is 2. The van der Waals surface area contributed by atoms with Crippen molar-refractivity contribution in [3.63, 3.8) is 0 Å². The highest BCUT2D eigenvalue weighted by Gasteiger charge is 2.14. The number of hydrogen-bond donors (Lipinski definition) is 0. The lowest BCUT2D eigenvalue weighted by atomic mass is 10.1. The van der Waals surface area contributed by atoms with Crippen LogP contribution in [0.25, 0.3) is 22.3 Å². The Kier molecular flexibility index (Phi) is 6.78. The molecule has 0 spiro atoms. The van der Waals surface area contributed by atoms with E-state index in [1.165, 1.54) is 18.0 Å². The number of fused-ring (bicyclic) bond motifs is 1. The van der Waals surface area contributed by atoms with Gasteiger partial charge in [-0.05, 0) is 67.8 Å². The smallest absolute Gasteiger partial charge is 0.245 e. The summed E-state index contributed by atoms with van der Waals surface area (Å²) in [6, 6.07) is 15.9. The minimum absolute atomic E-state index is 0.0764. The molecule has 1 fully saturated rings. The van der Waals surface area contributed by atoms with Crippen LogP contribution in [0.15, 0.2) is 73.7 Å². The normalized spacial score (nSPS) is 12.8. The molecule has 1 saturated heterocycles. The number of benzene rings is 2. The minimum Gasteiger partial charge on any atom is -0.457 e. The molecule has 0 aliphatic carbocycles. The van der Waals surface area contributed by atoms with Crippen LogP contribution in [-0.2, 0) is 11.8 Å². The van der Waals surface area contributed by atoms with Crippen molar-refractivity contribution in [1.82, 2.24) is 24.6 Å². The van der Waals surface area contributed by atoms with E-state index in [0.29, 0.717) is 0 Å². The van der Waals surface area contributed by atoms with Crippen LogP contribution in [0, 0.1) is 6.92 Å². The fourth-order valence-electron chi connectivity index (χ4n) is 3.77. The second kappa shape index (κ2) is 10.1. The lowest BCUT2D eigenvalue weighted by Crippen LogP contribution is -2.25. The van der Waals surface area contributed by atoms with Gasteiger partial charge in [0.15, 0.2) is 5.65 Å². The first-order valence-electron chi connectivity index (χ1n) is 10.9. The molecule has 4 aromatic rings. The van der Waals surface area contributed by atoms with Gasteiger partial charge in [0.05, 0.1) is 5.39 Å². The Balaban J connectivity index is 0.000000243. The Bertz CT molecular complexity index is 1260. The molecule has 0 saturated carbocycles. The van der Waals surface area contributed by atoms with Crippen molar-refractivity contribution in [1.29, 1.82) is 0 Å². The molecule has 2 aromatic carbocycles. The Morgan fingerprint density at radius 3 is 2.55 bits per heavy atom. The summed E-state index contributed by atoms with van der Waals surface area (Å²) < 4.78 is 7.66. The quantitative estimate of drug-likeness (QED) is 0.420. The lowest BCUT2D eigenvalue weighted by molar-refractivity contribution is -0.124. The molecule has 2 aromatic heterocycles. The van der Waals surface area contributed by atoms with Gasteiger partial charge in [0.2, 0.25) is 5.91 Å². The Hall–Kier alpha value is -4.00. The van der Waals surface area contributed by atoms with Crippen molar-refractivity contribution in [3.8, 4) is 22.8 Å².